The van der Waals surface area contributed by atoms with E-state index in [2.05, 4.69) is 38.6 Å². The first-order valence-electron chi connectivity index (χ1n) is 6.01. The molecular weight excluding hydrogens is 230 g/mol. The largest absolute Gasteiger partial charge is 0.335 e. The van der Waals surface area contributed by atoms with Gasteiger partial charge in [0.25, 0.3) is 0 Å². The molecule has 17 heavy (non-hydrogen) atoms. The molecule has 1 atom stereocenters. The molecule has 0 aliphatic carbocycles. The Labute approximate surface area is 107 Å². The molecule has 0 fully saturated rings. The standard InChI is InChI=1S/C13H19N3S/c1-3-16-6-5-15-13(16)9-12(14-2)8-11-4-7-17-10-11/h4-7,10,12,14H,3,8-9H2,1-2H3. The predicted octanol–water partition coefficient (Wildman–Crippen LogP) is 2.34. The van der Waals surface area contributed by atoms with Crippen LogP contribution in [-0.4, -0.2) is 22.6 Å². The van der Waals surface area contributed by atoms with Crippen molar-refractivity contribution in [1.29, 1.82) is 0 Å². The lowest BCUT2D eigenvalue weighted by Gasteiger charge is -2.15. The minimum atomic E-state index is 0.456. The molecule has 2 aromatic rings. The third kappa shape index (κ3) is 3.17. The van der Waals surface area contributed by atoms with Gasteiger partial charge in [-0.1, -0.05) is 0 Å². The summed E-state index contributed by atoms with van der Waals surface area (Å²) in [5, 5.41) is 7.73. The molecule has 92 valence electrons. The third-order valence-electron chi connectivity index (χ3n) is 3.04. The molecule has 2 aromatic heterocycles. The van der Waals surface area contributed by atoms with Crippen molar-refractivity contribution < 1.29 is 0 Å². The highest BCUT2D eigenvalue weighted by atomic mass is 32.1. The molecule has 0 saturated heterocycles. The van der Waals surface area contributed by atoms with Gasteiger partial charge in [-0.2, -0.15) is 11.3 Å². The normalized spacial score (nSPS) is 12.8. The van der Waals surface area contributed by atoms with Gasteiger partial charge < -0.3 is 9.88 Å². The number of aryl methyl sites for hydroxylation is 1. The van der Waals surface area contributed by atoms with Gasteiger partial charge in [0.2, 0.25) is 0 Å². The fourth-order valence-corrected chi connectivity index (χ4v) is 2.69. The average molecular weight is 249 g/mol. The van der Waals surface area contributed by atoms with Crippen molar-refractivity contribution in [2.24, 2.45) is 0 Å². The molecule has 0 radical (unpaired) electrons. The molecule has 0 aromatic carbocycles. The van der Waals surface area contributed by atoms with Crippen LogP contribution >= 0.6 is 11.3 Å². The number of nitrogens with zero attached hydrogens (tertiary/aromatic N) is 2. The van der Waals surface area contributed by atoms with Gasteiger partial charge in [-0.15, -0.1) is 0 Å². The maximum Gasteiger partial charge on any atom is 0.110 e. The Bertz CT molecular complexity index is 433. The summed E-state index contributed by atoms with van der Waals surface area (Å²) in [6.45, 7) is 3.14. The van der Waals surface area contributed by atoms with Crippen LogP contribution in [0.3, 0.4) is 0 Å². The summed E-state index contributed by atoms with van der Waals surface area (Å²) in [6, 6.07) is 2.65. The molecule has 4 heteroatoms. The number of hydrogen-bond donors (Lipinski definition) is 1. The number of rotatable bonds is 6. The van der Waals surface area contributed by atoms with E-state index in [4.69, 9.17) is 0 Å². The van der Waals surface area contributed by atoms with Gasteiger partial charge in [0.15, 0.2) is 0 Å². The molecule has 2 rings (SSSR count). The zero-order valence-electron chi connectivity index (χ0n) is 10.4. The lowest BCUT2D eigenvalue weighted by Crippen LogP contribution is -2.30. The van der Waals surface area contributed by atoms with Gasteiger partial charge in [-0.3, -0.25) is 0 Å². The van der Waals surface area contributed by atoms with Gasteiger partial charge >= 0.3 is 0 Å². The number of hydrogen-bond acceptors (Lipinski definition) is 3. The van der Waals surface area contributed by atoms with Crippen LogP contribution in [0.4, 0.5) is 0 Å². The number of likely N-dealkylation sites (N-methyl/N-ethyl adjacent to an activating group) is 1. The molecule has 0 aliphatic rings. The maximum atomic E-state index is 4.43. The van der Waals surface area contributed by atoms with E-state index in [0.717, 1.165) is 19.4 Å². The molecule has 0 amide bonds. The fourth-order valence-electron chi connectivity index (χ4n) is 2.01. The van der Waals surface area contributed by atoms with Crippen LogP contribution < -0.4 is 5.32 Å². The van der Waals surface area contributed by atoms with E-state index in [1.165, 1.54) is 11.4 Å². The lowest BCUT2D eigenvalue weighted by atomic mass is 10.1. The highest BCUT2D eigenvalue weighted by molar-refractivity contribution is 7.07. The van der Waals surface area contributed by atoms with Crippen molar-refractivity contribution in [3.8, 4) is 0 Å². The predicted molar refractivity (Wildman–Crippen MR) is 72.5 cm³/mol. The van der Waals surface area contributed by atoms with Crippen LogP contribution in [0, 0.1) is 0 Å². The summed E-state index contributed by atoms with van der Waals surface area (Å²) in [6.07, 6.45) is 5.98. The van der Waals surface area contributed by atoms with Crippen molar-refractivity contribution in [2.45, 2.75) is 32.4 Å². The number of imidazole rings is 1. The first-order valence-corrected chi connectivity index (χ1v) is 6.96. The minimum Gasteiger partial charge on any atom is -0.335 e. The summed E-state index contributed by atoms with van der Waals surface area (Å²) in [7, 11) is 2.02. The fraction of sp³-hybridized carbons (Fsp3) is 0.462. The quantitative estimate of drug-likeness (QED) is 0.851. The second-order valence-electron chi connectivity index (χ2n) is 4.15. The second-order valence-corrected chi connectivity index (χ2v) is 4.93. The van der Waals surface area contributed by atoms with Gasteiger partial charge in [-0.25, -0.2) is 4.98 Å². The Morgan fingerprint density at radius 3 is 3.00 bits per heavy atom. The highest BCUT2D eigenvalue weighted by Gasteiger charge is 2.11. The van der Waals surface area contributed by atoms with E-state index in [0.29, 0.717) is 6.04 Å². The van der Waals surface area contributed by atoms with Gasteiger partial charge in [0.05, 0.1) is 0 Å². The van der Waals surface area contributed by atoms with Crippen molar-refractivity contribution in [2.75, 3.05) is 7.05 Å². The molecule has 3 nitrogen and oxygen atoms in total. The zero-order chi connectivity index (χ0) is 12.1. The second kappa shape index (κ2) is 5.98. The van der Waals surface area contributed by atoms with Crippen molar-refractivity contribution in [1.82, 2.24) is 14.9 Å². The van der Waals surface area contributed by atoms with Crippen LogP contribution in [0.15, 0.2) is 29.2 Å². The topological polar surface area (TPSA) is 29.9 Å². The maximum absolute atomic E-state index is 4.43. The van der Waals surface area contributed by atoms with Crippen LogP contribution in [-0.2, 0) is 19.4 Å². The van der Waals surface area contributed by atoms with E-state index in [1.54, 1.807) is 11.3 Å². The Hall–Kier alpha value is -1.13. The first-order chi connectivity index (χ1) is 8.33. The Balaban J connectivity index is 2.00. The van der Waals surface area contributed by atoms with E-state index in [1.807, 2.05) is 19.4 Å². The van der Waals surface area contributed by atoms with Crippen LogP contribution in [0.5, 0.6) is 0 Å². The smallest absolute Gasteiger partial charge is 0.110 e. The molecule has 0 bridgehead atoms. The number of nitrogens with one attached hydrogen (secondary N) is 1. The third-order valence-corrected chi connectivity index (χ3v) is 3.77. The molecule has 2 heterocycles. The van der Waals surface area contributed by atoms with Crippen LogP contribution in [0.25, 0.3) is 0 Å². The molecular formula is C13H19N3S. The summed E-state index contributed by atoms with van der Waals surface area (Å²) in [5.41, 5.74) is 1.41. The van der Waals surface area contributed by atoms with Crippen molar-refractivity contribution in [3.05, 3.63) is 40.6 Å². The monoisotopic (exact) mass is 249 g/mol. The minimum absolute atomic E-state index is 0.456. The van der Waals surface area contributed by atoms with E-state index in [9.17, 15) is 0 Å². The van der Waals surface area contributed by atoms with Gasteiger partial charge in [-0.05, 0) is 42.8 Å². The lowest BCUT2D eigenvalue weighted by molar-refractivity contribution is 0.527. The first kappa shape index (κ1) is 12.3. The van der Waals surface area contributed by atoms with E-state index < -0.39 is 0 Å². The summed E-state index contributed by atoms with van der Waals surface area (Å²) in [5.74, 6) is 1.17. The van der Waals surface area contributed by atoms with Crippen molar-refractivity contribution >= 4 is 11.3 Å². The summed E-state index contributed by atoms with van der Waals surface area (Å²) in [4.78, 5) is 4.43. The molecule has 1 N–H and O–H groups in total. The molecule has 0 saturated carbocycles. The Kier molecular flexibility index (Phi) is 4.34. The summed E-state index contributed by atoms with van der Waals surface area (Å²) >= 11 is 1.76. The van der Waals surface area contributed by atoms with E-state index >= 15 is 0 Å². The molecule has 0 spiro atoms. The van der Waals surface area contributed by atoms with Crippen LogP contribution in [0.1, 0.15) is 18.3 Å². The highest BCUT2D eigenvalue weighted by Crippen LogP contribution is 2.11. The van der Waals surface area contributed by atoms with Crippen LogP contribution in [0.2, 0.25) is 0 Å². The van der Waals surface area contributed by atoms with Crippen molar-refractivity contribution in [3.63, 3.8) is 0 Å². The van der Waals surface area contributed by atoms with Gasteiger partial charge in [0, 0.05) is 31.4 Å². The summed E-state index contributed by atoms with van der Waals surface area (Å²) < 4.78 is 2.21. The number of aromatic nitrogens is 2. The Morgan fingerprint density at radius 1 is 1.47 bits per heavy atom. The Morgan fingerprint density at radius 2 is 2.35 bits per heavy atom. The molecule has 1 unspecified atom stereocenters. The SMILES string of the molecule is CCn1ccnc1CC(Cc1ccsc1)NC. The molecule has 0 aliphatic heterocycles. The zero-order valence-corrected chi connectivity index (χ0v) is 11.2. The number of thiophene rings is 1. The van der Waals surface area contributed by atoms with E-state index in [-0.39, 0.29) is 0 Å². The average Bonchev–Trinajstić information content (AvgIpc) is 2.99. The van der Waals surface area contributed by atoms with Gasteiger partial charge in [0.1, 0.15) is 5.82 Å².